The molecule has 4 fully saturated rings. The minimum Gasteiger partial charge on any atom is -1.00 e. The summed E-state index contributed by atoms with van der Waals surface area (Å²) in [5, 5.41) is 0. The summed E-state index contributed by atoms with van der Waals surface area (Å²) >= 11 is 0. The van der Waals surface area contributed by atoms with E-state index in [9.17, 15) is 0 Å². The zero-order valence-electron chi connectivity index (χ0n) is 12.2. The molecule has 1 aromatic carbocycles. The maximum atomic E-state index is 5.61. The Labute approximate surface area is 148 Å². The molecule has 4 aliphatic rings. The number of halogens is 1. The van der Waals surface area contributed by atoms with Crippen LogP contribution < -0.4 is 21.7 Å². The molecule has 0 saturated heterocycles. The SMILES string of the molecule is COc1cc[c-]cc1C12CC3CC(CC(C3)C1)C2.[Br-].[Mg+2]. The molecule has 0 amide bonds. The first-order valence-electron chi connectivity index (χ1n) is 7.34. The Morgan fingerprint density at radius 1 is 1.10 bits per heavy atom. The summed E-state index contributed by atoms with van der Waals surface area (Å²) in [5.74, 6) is 4.05. The van der Waals surface area contributed by atoms with Crippen molar-refractivity contribution in [1.29, 1.82) is 0 Å². The van der Waals surface area contributed by atoms with Gasteiger partial charge >= 0.3 is 23.1 Å². The molecule has 3 heteroatoms. The predicted octanol–water partition coefficient (Wildman–Crippen LogP) is 0.586. The Bertz CT molecular complexity index is 439. The minimum atomic E-state index is 0. The average Bonchev–Trinajstić information content (AvgIpc) is 2.37. The fourth-order valence-corrected chi connectivity index (χ4v) is 5.45. The zero-order valence-corrected chi connectivity index (χ0v) is 15.2. The van der Waals surface area contributed by atoms with Crippen molar-refractivity contribution in [2.45, 2.75) is 43.9 Å². The largest absolute Gasteiger partial charge is 2.00 e. The molecule has 1 nitrogen and oxygen atoms in total. The number of hydrogen-bond acceptors (Lipinski definition) is 1. The van der Waals surface area contributed by atoms with Gasteiger partial charge in [-0.1, -0.05) is 19.3 Å². The molecule has 0 N–H and O–H groups in total. The van der Waals surface area contributed by atoms with Gasteiger partial charge in [0, 0.05) is 5.75 Å². The Morgan fingerprint density at radius 3 is 2.15 bits per heavy atom. The molecule has 20 heavy (non-hydrogen) atoms. The molecule has 0 heterocycles. The van der Waals surface area contributed by atoms with Crippen LogP contribution in [-0.4, -0.2) is 30.2 Å². The van der Waals surface area contributed by atoms with E-state index in [1.165, 1.54) is 44.1 Å². The van der Waals surface area contributed by atoms with E-state index in [2.05, 4.69) is 18.2 Å². The maximum absolute atomic E-state index is 5.61. The predicted molar refractivity (Wildman–Crippen MR) is 77.4 cm³/mol. The van der Waals surface area contributed by atoms with Crippen LogP contribution in [0.25, 0.3) is 0 Å². The molecule has 1 aromatic rings. The molecule has 0 unspecified atom stereocenters. The Balaban J connectivity index is 0.000000735. The van der Waals surface area contributed by atoms with Crippen molar-refractivity contribution < 1.29 is 21.7 Å². The molecule has 4 aliphatic carbocycles. The van der Waals surface area contributed by atoms with Crippen molar-refractivity contribution >= 4 is 23.1 Å². The van der Waals surface area contributed by atoms with E-state index in [0.717, 1.165) is 23.5 Å². The second-order valence-electron chi connectivity index (χ2n) is 6.82. The summed E-state index contributed by atoms with van der Waals surface area (Å²) in [7, 11) is 1.80. The molecule has 104 valence electrons. The maximum Gasteiger partial charge on any atom is 2.00 e. The van der Waals surface area contributed by atoms with Gasteiger partial charge in [0.15, 0.2) is 0 Å². The van der Waals surface area contributed by atoms with Gasteiger partial charge in [0.2, 0.25) is 0 Å². The summed E-state index contributed by atoms with van der Waals surface area (Å²) in [5.41, 5.74) is 1.88. The van der Waals surface area contributed by atoms with Crippen LogP contribution >= 0.6 is 0 Å². The van der Waals surface area contributed by atoms with Crippen molar-refractivity contribution in [1.82, 2.24) is 0 Å². The zero-order chi connectivity index (χ0) is 12.2. The van der Waals surface area contributed by atoms with Crippen LogP contribution in [0.15, 0.2) is 18.2 Å². The summed E-state index contributed by atoms with van der Waals surface area (Å²) in [4.78, 5) is 0. The Morgan fingerprint density at radius 2 is 1.65 bits per heavy atom. The summed E-state index contributed by atoms with van der Waals surface area (Å²) in [6, 6.07) is 9.55. The van der Waals surface area contributed by atoms with Crippen LogP contribution in [-0.2, 0) is 5.41 Å². The van der Waals surface area contributed by atoms with Gasteiger partial charge in [0.25, 0.3) is 0 Å². The van der Waals surface area contributed by atoms with Crippen LogP contribution in [0.2, 0.25) is 0 Å². The fraction of sp³-hybridized carbons (Fsp3) is 0.647. The molecule has 0 radical (unpaired) electrons. The molecular formula is C17H21BrMgO. The van der Waals surface area contributed by atoms with Gasteiger partial charge in [0.1, 0.15) is 0 Å². The van der Waals surface area contributed by atoms with Gasteiger partial charge in [-0.15, -0.1) is 11.6 Å². The molecule has 0 aliphatic heterocycles. The van der Waals surface area contributed by atoms with Gasteiger partial charge in [-0.25, -0.2) is 0 Å². The number of benzene rings is 1. The van der Waals surface area contributed by atoms with E-state index in [1.807, 2.05) is 6.07 Å². The fourth-order valence-electron chi connectivity index (χ4n) is 5.45. The normalized spacial score (nSPS) is 37.0. The van der Waals surface area contributed by atoms with E-state index in [-0.39, 0.29) is 40.0 Å². The first kappa shape index (κ1) is 16.6. The number of ether oxygens (including phenoxy) is 1. The van der Waals surface area contributed by atoms with Crippen molar-refractivity contribution in [2.75, 3.05) is 7.11 Å². The van der Waals surface area contributed by atoms with Gasteiger partial charge in [0.05, 0.1) is 7.11 Å². The smallest absolute Gasteiger partial charge is 1.00 e. The second kappa shape index (κ2) is 6.17. The number of methoxy groups -OCH3 is 1. The van der Waals surface area contributed by atoms with Crippen LogP contribution in [0, 0.1) is 23.8 Å². The Hall–Kier alpha value is 0.266. The molecule has 4 saturated carbocycles. The molecule has 4 bridgehead atoms. The second-order valence-corrected chi connectivity index (χ2v) is 6.82. The van der Waals surface area contributed by atoms with E-state index in [1.54, 1.807) is 7.11 Å². The van der Waals surface area contributed by atoms with Crippen LogP contribution in [0.5, 0.6) is 5.75 Å². The number of rotatable bonds is 2. The number of hydrogen-bond donors (Lipinski definition) is 0. The van der Waals surface area contributed by atoms with Gasteiger partial charge in [-0.3, -0.25) is 0 Å². The summed E-state index contributed by atoms with van der Waals surface area (Å²) in [6.07, 6.45) is 8.68. The molecule has 5 rings (SSSR count). The van der Waals surface area contributed by atoms with Crippen molar-refractivity contribution in [3.63, 3.8) is 0 Å². The quantitative estimate of drug-likeness (QED) is 0.563. The van der Waals surface area contributed by atoms with Gasteiger partial charge in [-0.2, -0.15) is 18.2 Å². The van der Waals surface area contributed by atoms with Gasteiger partial charge in [-0.05, 0) is 42.4 Å². The van der Waals surface area contributed by atoms with Crippen LogP contribution in [0.3, 0.4) is 0 Å². The standard InChI is InChI=1S/C17H21O.BrH.Mg/c1-18-16-5-3-2-4-15(16)17-9-12-6-13(10-17)8-14(7-12)11-17;;/h3-5,12-14H,6-11H2,1H3;1H;/q-1;;+2/p-1. The molecular weight excluding hydrogens is 324 g/mol. The average molecular weight is 346 g/mol. The van der Waals surface area contributed by atoms with Gasteiger partial charge < -0.3 is 21.7 Å². The van der Waals surface area contributed by atoms with Crippen LogP contribution in [0.4, 0.5) is 0 Å². The molecule has 0 spiro atoms. The first-order chi connectivity index (χ1) is 8.79. The van der Waals surface area contributed by atoms with Crippen molar-refractivity contribution in [3.05, 3.63) is 29.8 Å². The monoisotopic (exact) mass is 344 g/mol. The van der Waals surface area contributed by atoms with E-state index < -0.39 is 0 Å². The Kier molecular flexibility index (Phi) is 5.14. The van der Waals surface area contributed by atoms with E-state index >= 15 is 0 Å². The van der Waals surface area contributed by atoms with Crippen molar-refractivity contribution in [2.24, 2.45) is 17.8 Å². The summed E-state index contributed by atoms with van der Waals surface area (Å²) in [6.45, 7) is 0. The third-order valence-electron chi connectivity index (χ3n) is 5.65. The minimum absolute atomic E-state index is 0. The first-order valence-corrected chi connectivity index (χ1v) is 7.34. The topological polar surface area (TPSA) is 9.23 Å². The third-order valence-corrected chi connectivity index (χ3v) is 5.65. The van der Waals surface area contributed by atoms with Crippen LogP contribution in [0.1, 0.15) is 44.1 Å². The van der Waals surface area contributed by atoms with E-state index in [4.69, 9.17) is 4.74 Å². The van der Waals surface area contributed by atoms with E-state index in [0.29, 0.717) is 5.41 Å². The molecule has 0 atom stereocenters. The molecule has 0 aromatic heterocycles. The summed E-state index contributed by atoms with van der Waals surface area (Å²) < 4.78 is 5.61. The third kappa shape index (κ3) is 2.54. The van der Waals surface area contributed by atoms with Crippen molar-refractivity contribution in [3.8, 4) is 5.75 Å².